The van der Waals surface area contributed by atoms with Gasteiger partial charge in [-0.05, 0) is 80.0 Å². The zero-order valence-electron chi connectivity index (χ0n) is 18.6. The number of hydrogen-bond acceptors (Lipinski definition) is 4. The Bertz CT molecular complexity index is 1140. The number of rotatable bonds is 5. The van der Waals surface area contributed by atoms with E-state index >= 15 is 0 Å². The summed E-state index contributed by atoms with van der Waals surface area (Å²) in [5, 5.41) is 20.5. The number of aromatic carboxylic acids is 1. The lowest BCUT2D eigenvalue weighted by molar-refractivity contribution is -0.0874. The maximum atomic E-state index is 11.3. The number of carboxylic acids is 1. The Morgan fingerprint density at radius 3 is 2.62 bits per heavy atom. The average molecular weight is 435 g/mol. The van der Waals surface area contributed by atoms with Gasteiger partial charge in [-0.15, -0.1) is 0 Å². The zero-order valence-corrected chi connectivity index (χ0v) is 18.6. The van der Waals surface area contributed by atoms with Crippen molar-refractivity contribution in [1.82, 2.24) is 9.88 Å². The van der Waals surface area contributed by atoms with E-state index in [1.54, 1.807) is 19.2 Å². The minimum absolute atomic E-state index is 0.166. The summed E-state index contributed by atoms with van der Waals surface area (Å²) in [6.07, 6.45) is 5.55. The summed E-state index contributed by atoms with van der Waals surface area (Å²) in [5.74, 6) is -0.0104. The fourth-order valence-corrected chi connectivity index (χ4v) is 5.84. The summed E-state index contributed by atoms with van der Waals surface area (Å²) in [5.41, 5.74) is 5.09. The lowest BCUT2D eigenvalue weighted by Crippen LogP contribution is -2.50. The Labute approximate surface area is 187 Å². The second-order valence-corrected chi connectivity index (χ2v) is 9.57. The van der Waals surface area contributed by atoms with Crippen molar-refractivity contribution in [3.05, 3.63) is 64.8 Å². The first-order valence-electron chi connectivity index (χ1n) is 11.3. The van der Waals surface area contributed by atoms with Crippen LogP contribution in [0.4, 0.5) is 0 Å². The molecule has 0 bridgehead atoms. The molecule has 0 radical (unpaired) electrons. The van der Waals surface area contributed by atoms with E-state index in [0.29, 0.717) is 5.56 Å². The topological polar surface area (TPSA) is 85.8 Å². The molecule has 2 aliphatic rings. The van der Waals surface area contributed by atoms with E-state index in [-0.39, 0.29) is 17.6 Å². The summed E-state index contributed by atoms with van der Waals surface area (Å²) in [7, 11) is 1.72. The highest BCUT2D eigenvalue weighted by atomic mass is 16.5. The number of carbonyl (C=O) groups is 1. The zero-order chi connectivity index (χ0) is 22.5. The van der Waals surface area contributed by atoms with E-state index in [0.717, 1.165) is 61.2 Å². The van der Waals surface area contributed by atoms with Gasteiger partial charge in [0.15, 0.2) is 0 Å². The number of piperidine rings is 1. The Balaban J connectivity index is 1.50. The minimum atomic E-state index is -0.908. The molecule has 6 heteroatoms. The van der Waals surface area contributed by atoms with Gasteiger partial charge in [0.05, 0.1) is 18.8 Å². The standard InChI is InChI=1S/C26H30N2O4/c1-16-11-23(32-2)21(20-7-9-27-24(16)20)15-28-10-8-26(12-19(29)13-26)14-22(28)17-3-5-18(6-4-17)25(30)31/h3-7,9,11,19,22,27,29H,8,10,12-15H2,1-2H3,(H,30,31)/t19?,22-,26?/m1/s1. The molecule has 6 nitrogen and oxygen atoms in total. The van der Waals surface area contributed by atoms with Crippen LogP contribution < -0.4 is 4.74 Å². The number of H-pyrrole nitrogens is 1. The van der Waals surface area contributed by atoms with E-state index in [1.807, 2.05) is 18.3 Å². The number of nitrogens with zero attached hydrogens (tertiary/aromatic N) is 1. The molecule has 1 saturated heterocycles. The number of aromatic nitrogens is 1. The molecule has 1 spiro atoms. The van der Waals surface area contributed by atoms with Crippen molar-refractivity contribution >= 4 is 16.9 Å². The van der Waals surface area contributed by atoms with Crippen LogP contribution in [0.25, 0.3) is 10.9 Å². The molecule has 5 rings (SSSR count). The van der Waals surface area contributed by atoms with Gasteiger partial charge in [-0.3, -0.25) is 4.90 Å². The molecule has 0 unspecified atom stereocenters. The molecule has 1 aromatic heterocycles. The van der Waals surface area contributed by atoms with Crippen molar-refractivity contribution < 1.29 is 19.7 Å². The van der Waals surface area contributed by atoms with Crippen LogP contribution in [0.15, 0.2) is 42.6 Å². The second kappa shape index (κ2) is 7.94. The minimum Gasteiger partial charge on any atom is -0.496 e. The highest BCUT2D eigenvalue weighted by Crippen LogP contribution is 2.54. The molecule has 1 aliphatic carbocycles. The van der Waals surface area contributed by atoms with Crippen molar-refractivity contribution in [2.24, 2.45) is 5.41 Å². The molecule has 3 aromatic rings. The lowest BCUT2D eigenvalue weighted by Gasteiger charge is -2.54. The predicted octanol–water partition coefficient (Wildman–Crippen LogP) is 4.66. The largest absolute Gasteiger partial charge is 0.496 e. The van der Waals surface area contributed by atoms with Crippen LogP contribution in [0, 0.1) is 12.3 Å². The first-order chi connectivity index (χ1) is 15.4. The first-order valence-corrected chi connectivity index (χ1v) is 11.3. The van der Waals surface area contributed by atoms with Crippen molar-refractivity contribution in [1.29, 1.82) is 0 Å². The van der Waals surface area contributed by atoms with E-state index in [1.165, 1.54) is 10.9 Å². The Morgan fingerprint density at radius 2 is 1.97 bits per heavy atom. The van der Waals surface area contributed by atoms with Gasteiger partial charge in [0.2, 0.25) is 0 Å². The molecule has 2 aromatic carbocycles. The summed E-state index contributed by atoms with van der Waals surface area (Å²) < 4.78 is 5.78. The summed E-state index contributed by atoms with van der Waals surface area (Å²) in [6.45, 7) is 3.77. The van der Waals surface area contributed by atoms with Crippen LogP contribution in [-0.4, -0.2) is 45.8 Å². The molecule has 1 aliphatic heterocycles. The highest BCUT2D eigenvalue weighted by Gasteiger charge is 2.48. The van der Waals surface area contributed by atoms with Gasteiger partial charge in [0, 0.05) is 35.2 Å². The number of carboxylic acid groups (broad SMARTS) is 1. The molecule has 3 N–H and O–H groups in total. The average Bonchev–Trinajstić information content (AvgIpc) is 3.26. The Kier molecular flexibility index (Phi) is 5.22. The summed E-state index contributed by atoms with van der Waals surface area (Å²) >= 11 is 0. The first kappa shape index (κ1) is 21.0. The number of methoxy groups -OCH3 is 1. The predicted molar refractivity (Wildman–Crippen MR) is 123 cm³/mol. The monoisotopic (exact) mass is 434 g/mol. The van der Waals surface area contributed by atoms with Gasteiger partial charge in [0.1, 0.15) is 5.75 Å². The van der Waals surface area contributed by atoms with Crippen LogP contribution in [0.1, 0.15) is 58.8 Å². The maximum Gasteiger partial charge on any atom is 0.335 e. The third-order valence-corrected chi connectivity index (χ3v) is 7.57. The number of benzene rings is 2. The lowest BCUT2D eigenvalue weighted by atomic mass is 9.59. The Morgan fingerprint density at radius 1 is 1.22 bits per heavy atom. The van der Waals surface area contributed by atoms with Crippen molar-refractivity contribution in [3.63, 3.8) is 0 Å². The van der Waals surface area contributed by atoms with Crippen LogP contribution in [0.2, 0.25) is 0 Å². The molecule has 32 heavy (non-hydrogen) atoms. The van der Waals surface area contributed by atoms with Crippen molar-refractivity contribution in [3.8, 4) is 5.75 Å². The fourth-order valence-electron chi connectivity index (χ4n) is 5.84. The maximum absolute atomic E-state index is 11.3. The van der Waals surface area contributed by atoms with Gasteiger partial charge < -0.3 is 19.9 Å². The number of hydrogen-bond donors (Lipinski definition) is 3. The number of aryl methyl sites for hydroxylation is 1. The molecule has 2 fully saturated rings. The van der Waals surface area contributed by atoms with Crippen molar-refractivity contribution in [2.45, 2.75) is 51.3 Å². The van der Waals surface area contributed by atoms with Gasteiger partial charge in [-0.2, -0.15) is 0 Å². The number of nitrogens with one attached hydrogen (secondary N) is 1. The number of likely N-dealkylation sites (tertiary alicyclic amines) is 1. The quantitative estimate of drug-likeness (QED) is 0.544. The number of ether oxygens (including phenoxy) is 1. The molecule has 2 heterocycles. The molecule has 168 valence electrons. The number of aliphatic hydroxyl groups is 1. The van der Waals surface area contributed by atoms with Gasteiger partial charge >= 0.3 is 5.97 Å². The SMILES string of the molecule is COc1cc(C)c2[nH]ccc2c1CN1CCC2(CC(O)C2)C[C@@H]1c1ccc(C(=O)O)cc1. The summed E-state index contributed by atoms with van der Waals surface area (Å²) in [4.78, 5) is 17.2. The Hall–Kier alpha value is -2.83. The highest BCUT2D eigenvalue weighted by molar-refractivity contribution is 5.88. The molecule has 1 saturated carbocycles. The van der Waals surface area contributed by atoms with Crippen LogP contribution in [-0.2, 0) is 6.54 Å². The molecule has 1 atom stereocenters. The fraction of sp³-hybridized carbons (Fsp3) is 0.423. The third-order valence-electron chi connectivity index (χ3n) is 7.57. The van der Waals surface area contributed by atoms with E-state index in [9.17, 15) is 15.0 Å². The van der Waals surface area contributed by atoms with E-state index in [2.05, 4.69) is 28.9 Å². The third kappa shape index (κ3) is 3.57. The summed E-state index contributed by atoms with van der Waals surface area (Å²) in [6, 6.07) is 11.7. The number of fused-ring (bicyclic) bond motifs is 1. The number of aromatic amines is 1. The van der Waals surface area contributed by atoms with E-state index in [4.69, 9.17) is 4.74 Å². The van der Waals surface area contributed by atoms with E-state index < -0.39 is 5.97 Å². The van der Waals surface area contributed by atoms with Crippen LogP contribution >= 0.6 is 0 Å². The normalized spacial score (nSPS) is 25.7. The second-order valence-electron chi connectivity index (χ2n) is 9.57. The van der Waals surface area contributed by atoms with Crippen LogP contribution in [0.5, 0.6) is 5.75 Å². The van der Waals surface area contributed by atoms with Gasteiger partial charge in [-0.25, -0.2) is 4.79 Å². The number of aliphatic hydroxyl groups excluding tert-OH is 1. The molecule has 0 amide bonds. The van der Waals surface area contributed by atoms with Crippen LogP contribution in [0.3, 0.4) is 0 Å². The van der Waals surface area contributed by atoms with Gasteiger partial charge in [-0.1, -0.05) is 12.1 Å². The van der Waals surface area contributed by atoms with Gasteiger partial charge in [0.25, 0.3) is 0 Å². The molecular formula is C26H30N2O4. The molecular weight excluding hydrogens is 404 g/mol. The smallest absolute Gasteiger partial charge is 0.335 e. The van der Waals surface area contributed by atoms with Crippen molar-refractivity contribution in [2.75, 3.05) is 13.7 Å².